The van der Waals surface area contributed by atoms with Crippen molar-refractivity contribution in [3.8, 4) is 0 Å². The van der Waals surface area contributed by atoms with Gasteiger partial charge in [-0.25, -0.2) is 4.98 Å². The molecule has 0 aliphatic carbocycles. The van der Waals surface area contributed by atoms with Gasteiger partial charge < -0.3 is 10.2 Å². The fraction of sp³-hybridized carbons (Fsp3) is 0.529. The Morgan fingerprint density at radius 3 is 2.82 bits per heavy atom. The van der Waals surface area contributed by atoms with Crippen molar-refractivity contribution >= 4 is 27.5 Å². The first kappa shape index (κ1) is 14.2. The molecular formula is C17H21N3OS. The minimum Gasteiger partial charge on any atom is -0.342 e. The van der Waals surface area contributed by atoms with Gasteiger partial charge in [-0.15, -0.1) is 11.3 Å². The summed E-state index contributed by atoms with van der Waals surface area (Å²) < 4.78 is 1.24. The van der Waals surface area contributed by atoms with Crippen LogP contribution in [-0.2, 0) is 11.2 Å². The van der Waals surface area contributed by atoms with Crippen LogP contribution in [0.5, 0.6) is 0 Å². The van der Waals surface area contributed by atoms with Crippen LogP contribution in [0, 0.1) is 11.8 Å². The van der Waals surface area contributed by atoms with Gasteiger partial charge in [-0.1, -0.05) is 12.1 Å². The average Bonchev–Trinajstić information content (AvgIpc) is 3.20. The Bertz CT molecular complexity index is 638. The molecule has 2 aromatic rings. The second-order valence-electron chi connectivity index (χ2n) is 6.41. The minimum atomic E-state index is 0.329. The van der Waals surface area contributed by atoms with Crippen LogP contribution < -0.4 is 5.32 Å². The van der Waals surface area contributed by atoms with E-state index in [0.29, 0.717) is 24.2 Å². The van der Waals surface area contributed by atoms with E-state index in [9.17, 15) is 4.79 Å². The number of para-hydroxylation sites is 1. The van der Waals surface area contributed by atoms with E-state index in [1.165, 1.54) is 4.70 Å². The summed E-state index contributed by atoms with van der Waals surface area (Å²) >= 11 is 1.75. The Hall–Kier alpha value is -1.46. The maximum atomic E-state index is 12.3. The highest BCUT2D eigenvalue weighted by molar-refractivity contribution is 7.18. The van der Waals surface area contributed by atoms with Gasteiger partial charge in [-0.05, 0) is 36.8 Å². The summed E-state index contributed by atoms with van der Waals surface area (Å²) in [4.78, 5) is 19.0. The van der Waals surface area contributed by atoms with Gasteiger partial charge in [0.15, 0.2) is 0 Å². The standard InChI is InChI=1S/C17H21N3OS/c21-17(20-10-12-8-18-9-13(12)11-20)7-3-6-16-19-14-4-1-2-5-15(14)22-16/h1-2,4-5,12-13,18H,3,6-11H2/t12-,13+. The van der Waals surface area contributed by atoms with E-state index in [-0.39, 0.29) is 0 Å². The number of aryl methyl sites for hydroxylation is 1. The van der Waals surface area contributed by atoms with Gasteiger partial charge >= 0.3 is 0 Å². The number of likely N-dealkylation sites (tertiary alicyclic amines) is 1. The molecule has 2 fully saturated rings. The highest BCUT2D eigenvalue weighted by Crippen LogP contribution is 2.27. The van der Waals surface area contributed by atoms with Gasteiger partial charge in [0.1, 0.15) is 0 Å². The summed E-state index contributed by atoms with van der Waals surface area (Å²) in [5.41, 5.74) is 1.08. The zero-order valence-corrected chi connectivity index (χ0v) is 13.4. The monoisotopic (exact) mass is 315 g/mol. The summed E-state index contributed by atoms with van der Waals surface area (Å²) in [6.07, 6.45) is 2.47. The van der Waals surface area contributed by atoms with Crippen molar-refractivity contribution in [2.24, 2.45) is 11.8 Å². The van der Waals surface area contributed by atoms with E-state index >= 15 is 0 Å². The Morgan fingerprint density at radius 2 is 2.05 bits per heavy atom. The first-order valence-corrected chi connectivity index (χ1v) is 8.94. The van der Waals surface area contributed by atoms with Crippen LogP contribution in [0.4, 0.5) is 0 Å². The summed E-state index contributed by atoms with van der Waals surface area (Å²) in [6, 6.07) is 8.23. The number of hydrogen-bond donors (Lipinski definition) is 1. The lowest BCUT2D eigenvalue weighted by atomic mass is 10.0. The molecule has 5 heteroatoms. The molecule has 0 unspecified atom stereocenters. The fourth-order valence-corrected chi connectivity index (χ4v) is 4.64. The number of carbonyl (C=O) groups is 1. The number of aromatic nitrogens is 1. The third kappa shape index (κ3) is 2.75. The fourth-order valence-electron chi connectivity index (χ4n) is 3.63. The number of hydrogen-bond acceptors (Lipinski definition) is 4. The van der Waals surface area contributed by atoms with Crippen LogP contribution in [0.3, 0.4) is 0 Å². The Labute approximate surface area is 134 Å². The maximum Gasteiger partial charge on any atom is 0.222 e. The predicted octanol–water partition coefficient (Wildman–Crippen LogP) is 2.30. The number of amides is 1. The molecule has 1 amide bonds. The minimum absolute atomic E-state index is 0.329. The van der Waals surface area contributed by atoms with Gasteiger partial charge in [0.2, 0.25) is 5.91 Å². The molecule has 1 aromatic heterocycles. The van der Waals surface area contributed by atoms with Gasteiger partial charge in [0.25, 0.3) is 0 Å². The molecule has 0 radical (unpaired) electrons. The molecule has 2 atom stereocenters. The number of nitrogens with one attached hydrogen (secondary N) is 1. The molecule has 1 aromatic carbocycles. The molecular weight excluding hydrogens is 294 g/mol. The highest BCUT2D eigenvalue weighted by Gasteiger charge is 2.37. The number of fused-ring (bicyclic) bond motifs is 2. The zero-order chi connectivity index (χ0) is 14.9. The number of carbonyl (C=O) groups excluding carboxylic acids is 1. The van der Waals surface area contributed by atoms with Gasteiger partial charge in [-0.3, -0.25) is 4.79 Å². The predicted molar refractivity (Wildman–Crippen MR) is 89.0 cm³/mol. The van der Waals surface area contributed by atoms with Crippen LogP contribution in [0.15, 0.2) is 24.3 Å². The topological polar surface area (TPSA) is 45.2 Å². The first-order valence-electron chi connectivity index (χ1n) is 8.12. The molecule has 4 nitrogen and oxygen atoms in total. The Kier molecular flexibility index (Phi) is 3.84. The molecule has 0 bridgehead atoms. The van der Waals surface area contributed by atoms with Crippen LogP contribution in [0.2, 0.25) is 0 Å². The molecule has 3 heterocycles. The average molecular weight is 315 g/mol. The molecule has 4 rings (SSSR count). The summed E-state index contributed by atoms with van der Waals surface area (Å²) in [6.45, 7) is 4.08. The molecule has 2 saturated heterocycles. The van der Waals surface area contributed by atoms with Crippen molar-refractivity contribution in [1.29, 1.82) is 0 Å². The molecule has 22 heavy (non-hydrogen) atoms. The van der Waals surface area contributed by atoms with Crippen molar-refractivity contribution < 1.29 is 4.79 Å². The van der Waals surface area contributed by atoms with E-state index in [0.717, 1.165) is 49.5 Å². The van der Waals surface area contributed by atoms with Gasteiger partial charge in [0, 0.05) is 32.6 Å². The SMILES string of the molecule is O=C(CCCc1nc2ccccc2s1)N1C[C@H]2CNC[C@H]2C1. The Morgan fingerprint density at radius 1 is 1.27 bits per heavy atom. The van der Waals surface area contributed by atoms with Crippen LogP contribution in [-0.4, -0.2) is 42.0 Å². The lowest BCUT2D eigenvalue weighted by Crippen LogP contribution is -2.31. The normalized spacial score (nSPS) is 24.1. The highest BCUT2D eigenvalue weighted by atomic mass is 32.1. The largest absolute Gasteiger partial charge is 0.342 e. The van der Waals surface area contributed by atoms with Crippen LogP contribution in [0.1, 0.15) is 17.8 Å². The smallest absolute Gasteiger partial charge is 0.222 e. The van der Waals surface area contributed by atoms with Crippen molar-refractivity contribution in [1.82, 2.24) is 15.2 Å². The third-order valence-corrected chi connectivity index (χ3v) is 5.96. The maximum absolute atomic E-state index is 12.3. The van der Waals surface area contributed by atoms with Gasteiger partial charge in [-0.2, -0.15) is 0 Å². The van der Waals surface area contributed by atoms with Crippen molar-refractivity contribution in [2.45, 2.75) is 19.3 Å². The third-order valence-electron chi connectivity index (χ3n) is 4.86. The molecule has 0 spiro atoms. The first-order chi connectivity index (χ1) is 10.8. The molecule has 2 aliphatic heterocycles. The number of rotatable bonds is 4. The number of nitrogens with zero attached hydrogens (tertiary/aromatic N) is 2. The molecule has 1 N–H and O–H groups in total. The second kappa shape index (κ2) is 5.97. The van der Waals surface area contributed by atoms with E-state index in [1.54, 1.807) is 11.3 Å². The Balaban J connectivity index is 1.28. The van der Waals surface area contributed by atoms with Gasteiger partial charge in [0.05, 0.1) is 15.2 Å². The quantitative estimate of drug-likeness (QED) is 0.941. The van der Waals surface area contributed by atoms with Crippen LogP contribution >= 0.6 is 11.3 Å². The zero-order valence-electron chi connectivity index (χ0n) is 12.6. The lowest BCUT2D eigenvalue weighted by molar-refractivity contribution is -0.130. The molecule has 0 saturated carbocycles. The van der Waals surface area contributed by atoms with E-state index in [1.807, 2.05) is 12.1 Å². The number of benzene rings is 1. The lowest BCUT2D eigenvalue weighted by Gasteiger charge is -2.17. The van der Waals surface area contributed by atoms with Crippen LogP contribution in [0.25, 0.3) is 10.2 Å². The second-order valence-corrected chi connectivity index (χ2v) is 7.52. The van der Waals surface area contributed by atoms with E-state index in [2.05, 4.69) is 27.3 Å². The summed E-state index contributed by atoms with van der Waals surface area (Å²) in [5.74, 6) is 1.71. The number of thiazole rings is 1. The summed E-state index contributed by atoms with van der Waals surface area (Å²) in [5, 5.41) is 4.57. The van der Waals surface area contributed by atoms with E-state index < -0.39 is 0 Å². The van der Waals surface area contributed by atoms with Crippen molar-refractivity contribution in [3.63, 3.8) is 0 Å². The summed E-state index contributed by atoms with van der Waals surface area (Å²) in [7, 11) is 0. The molecule has 2 aliphatic rings. The van der Waals surface area contributed by atoms with Crippen molar-refractivity contribution in [2.75, 3.05) is 26.2 Å². The molecule has 116 valence electrons. The van der Waals surface area contributed by atoms with Crippen molar-refractivity contribution in [3.05, 3.63) is 29.3 Å². The van der Waals surface area contributed by atoms with E-state index in [4.69, 9.17) is 0 Å².